The van der Waals surface area contributed by atoms with Gasteiger partial charge in [-0.3, -0.25) is 4.79 Å². The van der Waals surface area contributed by atoms with Crippen LogP contribution in [-0.4, -0.2) is 45.5 Å². The topological polar surface area (TPSA) is 82.2 Å². The van der Waals surface area contributed by atoms with Gasteiger partial charge in [0.05, 0.1) is 5.41 Å². The number of allylic oxidation sites excluding steroid dienone is 8. The molecule has 2 N–H and O–H groups in total. The van der Waals surface area contributed by atoms with E-state index in [9.17, 15) is 9.18 Å². The fourth-order valence-corrected chi connectivity index (χ4v) is 9.19. The molecule has 3 aliphatic rings. The van der Waals surface area contributed by atoms with E-state index in [2.05, 4.69) is 107 Å². The number of benzene rings is 3. The van der Waals surface area contributed by atoms with Gasteiger partial charge >= 0.3 is 5.97 Å². The number of hydrogen-bond acceptors (Lipinski definition) is 6. The van der Waals surface area contributed by atoms with Crippen molar-refractivity contribution in [2.45, 2.75) is 96.3 Å². The van der Waals surface area contributed by atoms with Crippen LogP contribution in [0.3, 0.4) is 0 Å². The van der Waals surface area contributed by atoms with Crippen molar-refractivity contribution >= 4 is 57.5 Å². The maximum Gasteiger partial charge on any atom is 0.303 e. The fourth-order valence-electron chi connectivity index (χ4n) is 8.44. The summed E-state index contributed by atoms with van der Waals surface area (Å²) in [6.45, 7) is 10.4. The number of hydrogen-bond donors (Lipinski definition) is 2. The van der Waals surface area contributed by atoms with Crippen LogP contribution in [0, 0.1) is 5.82 Å². The van der Waals surface area contributed by atoms with E-state index in [0.29, 0.717) is 12.2 Å². The van der Waals surface area contributed by atoms with Crippen molar-refractivity contribution in [2.75, 3.05) is 23.7 Å². The Balaban J connectivity index is 1.31. The zero-order valence-electron chi connectivity index (χ0n) is 31.7. The standard InChI is InChI=1S/C44H50ClFN2O5S/c1-43(2)35-29-33(46)21-23-36(35)47(26-9-5-6-17-40(49)50)38(43)24-19-31-14-12-15-32(42(31)45)20-25-39-44(3,4)41-34-16-8-7-13-30(34)18-22-37(41)48(39)27-10-11-28-54-53-52-51/h7-8,13,16,18-25,29H,5-6,9-12,14-15,17,26-28H2,1-4H3,(H-,49,50,51)/p+1. The van der Waals surface area contributed by atoms with Crippen molar-refractivity contribution < 1.29 is 33.5 Å². The third kappa shape index (κ3) is 8.41. The predicted octanol–water partition coefficient (Wildman–Crippen LogP) is 11.7. The minimum Gasteiger partial charge on any atom is -0.481 e. The Morgan fingerprint density at radius 2 is 1.80 bits per heavy atom. The van der Waals surface area contributed by atoms with Crippen molar-refractivity contribution in [3.63, 3.8) is 0 Å². The molecule has 3 aromatic rings. The van der Waals surface area contributed by atoms with Crippen LogP contribution in [0.5, 0.6) is 0 Å². The quantitative estimate of drug-likeness (QED) is 0.0493. The van der Waals surface area contributed by atoms with Crippen LogP contribution in [0.2, 0.25) is 0 Å². The Morgan fingerprint density at radius 3 is 2.59 bits per heavy atom. The number of carboxylic acids is 1. The van der Waals surface area contributed by atoms with Crippen molar-refractivity contribution in [3.05, 3.63) is 118 Å². The van der Waals surface area contributed by atoms with E-state index in [1.807, 2.05) is 6.07 Å². The second-order valence-corrected chi connectivity index (χ2v) is 16.6. The summed E-state index contributed by atoms with van der Waals surface area (Å²) >= 11 is 8.35. The lowest BCUT2D eigenvalue weighted by atomic mass is 9.80. The summed E-state index contributed by atoms with van der Waals surface area (Å²) in [7, 11) is 0. The highest BCUT2D eigenvalue weighted by atomic mass is 35.5. The maximum atomic E-state index is 14.5. The lowest BCUT2D eigenvalue weighted by Gasteiger charge is -2.27. The number of unbranched alkanes of at least 4 members (excludes halogenated alkanes) is 3. The number of fused-ring (bicyclic) bond motifs is 4. The number of aliphatic carboxylic acids is 1. The van der Waals surface area contributed by atoms with Crippen LogP contribution in [0.1, 0.15) is 96.6 Å². The van der Waals surface area contributed by atoms with Crippen LogP contribution in [-0.2, 0) is 25.0 Å². The third-order valence-electron chi connectivity index (χ3n) is 11.2. The van der Waals surface area contributed by atoms with Gasteiger partial charge in [-0.1, -0.05) is 73.0 Å². The number of nitrogens with zero attached hydrogens (tertiary/aromatic N) is 2. The van der Waals surface area contributed by atoms with Gasteiger partial charge in [0.15, 0.2) is 5.71 Å². The Labute approximate surface area is 327 Å². The molecule has 54 heavy (non-hydrogen) atoms. The van der Waals surface area contributed by atoms with E-state index in [1.54, 1.807) is 6.07 Å². The van der Waals surface area contributed by atoms with Crippen LogP contribution in [0.4, 0.5) is 15.8 Å². The molecule has 0 saturated heterocycles. The first kappa shape index (κ1) is 39.9. The average Bonchev–Trinajstić information content (AvgIpc) is 3.49. The van der Waals surface area contributed by atoms with Gasteiger partial charge in [0.1, 0.15) is 12.4 Å². The molecular formula is C44H51ClFN2O5S+. The zero-order chi connectivity index (χ0) is 38.5. The minimum absolute atomic E-state index is 0.166. The van der Waals surface area contributed by atoms with Crippen molar-refractivity contribution in [3.8, 4) is 0 Å². The average molecular weight is 774 g/mol. The molecule has 2 aliphatic heterocycles. The molecule has 0 spiro atoms. The van der Waals surface area contributed by atoms with E-state index in [1.165, 1.54) is 33.8 Å². The van der Waals surface area contributed by atoms with E-state index in [0.717, 1.165) is 103 Å². The predicted molar refractivity (Wildman–Crippen MR) is 218 cm³/mol. The van der Waals surface area contributed by atoms with Gasteiger partial charge in [-0.15, -0.1) is 4.33 Å². The molecule has 286 valence electrons. The lowest BCUT2D eigenvalue weighted by Crippen LogP contribution is -2.28. The van der Waals surface area contributed by atoms with E-state index in [-0.39, 0.29) is 17.7 Å². The summed E-state index contributed by atoms with van der Waals surface area (Å²) in [5.41, 5.74) is 8.34. The number of carbonyl (C=O) groups is 1. The second kappa shape index (κ2) is 17.4. The van der Waals surface area contributed by atoms with Crippen molar-refractivity contribution in [2.24, 2.45) is 0 Å². The van der Waals surface area contributed by atoms with Gasteiger partial charge in [0.25, 0.3) is 0 Å². The molecular weight excluding hydrogens is 723 g/mol. The summed E-state index contributed by atoms with van der Waals surface area (Å²) in [6, 6.07) is 18.1. The summed E-state index contributed by atoms with van der Waals surface area (Å²) in [5.74, 6) is -0.324. The normalized spacial score (nSPS) is 19.2. The summed E-state index contributed by atoms with van der Waals surface area (Å²) < 4.78 is 21.4. The molecule has 0 saturated carbocycles. The Bertz CT molecular complexity index is 2050. The third-order valence-corrected chi connectivity index (χ3v) is 12.3. The van der Waals surface area contributed by atoms with Gasteiger partial charge in [-0.05, 0) is 111 Å². The first-order valence-corrected chi connectivity index (χ1v) is 20.3. The molecule has 3 aromatic carbocycles. The van der Waals surface area contributed by atoms with Gasteiger partial charge in [0, 0.05) is 76.7 Å². The van der Waals surface area contributed by atoms with Crippen LogP contribution >= 0.6 is 23.6 Å². The monoisotopic (exact) mass is 773 g/mol. The largest absolute Gasteiger partial charge is 0.481 e. The van der Waals surface area contributed by atoms with Gasteiger partial charge < -0.3 is 10.0 Å². The SMILES string of the molecule is CC1(C)C(/C=C/C2=C(Cl)C(=C/C=C3/N(CCCCSOOO)c4ccc5ccccc5c4C3(C)C)/CCC2)=[N+](CCCCCC(=O)O)c2ccc(F)cc21. The summed E-state index contributed by atoms with van der Waals surface area (Å²) in [4.78, 5) is 13.5. The van der Waals surface area contributed by atoms with Crippen LogP contribution in [0.25, 0.3) is 10.8 Å². The molecule has 1 aliphatic carbocycles. The molecule has 0 radical (unpaired) electrons. The molecule has 10 heteroatoms. The first-order valence-electron chi connectivity index (χ1n) is 19.0. The highest BCUT2D eigenvalue weighted by molar-refractivity contribution is 7.94. The highest BCUT2D eigenvalue weighted by Gasteiger charge is 2.45. The minimum atomic E-state index is -0.772. The molecule has 0 fully saturated rings. The van der Waals surface area contributed by atoms with E-state index in [4.69, 9.17) is 22.0 Å². The zero-order valence-corrected chi connectivity index (χ0v) is 33.2. The smallest absolute Gasteiger partial charge is 0.303 e. The molecule has 2 heterocycles. The Morgan fingerprint density at radius 1 is 0.981 bits per heavy atom. The highest BCUT2D eigenvalue weighted by Crippen LogP contribution is 2.51. The van der Waals surface area contributed by atoms with Gasteiger partial charge in [-0.25, -0.2) is 9.65 Å². The Hall–Kier alpha value is -3.73. The molecule has 0 aromatic heterocycles. The van der Waals surface area contributed by atoms with Crippen molar-refractivity contribution in [1.29, 1.82) is 0 Å². The lowest BCUT2D eigenvalue weighted by molar-refractivity contribution is -0.438. The first-order chi connectivity index (χ1) is 25.9. The molecule has 0 unspecified atom stereocenters. The molecule has 0 atom stereocenters. The molecule has 0 bridgehead atoms. The number of halogens is 2. The second-order valence-electron chi connectivity index (χ2n) is 15.4. The van der Waals surface area contributed by atoms with Crippen molar-refractivity contribution in [1.82, 2.24) is 0 Å². The van der Waals surface area contributed by atoms with E-state index >= 15 is 0 Å². The maximum absolute atomic E-state index is 14.5. The number of anilines is 1. The van der Waals surface area contributed by atoms with Gasteiger partial charge in [0.2, 0.25) is 5.69 Å². The molecule has 0 amide bonds. The molecule has 7 nitrogen and oxygen atoms in total. The summed E-state index contributed by atoms with van der Waals surface area (Å²) in [5, 5.41) is 24.6. The number of carboxylic acid groups (broad SMARTS) is 1. The fraction of sp³-hybridized carbons (Fsp3) is 0.409. The van der Waals surface area contributed by atoms with Gasteiger partial charge in [-0.2, -0.15) is 4.58 Å². The number of rotatable bonds is 16. The van der Waals surface area contributed by atoms with Crippen LogP contribution in [0.15, 0.2) is 101 Å². The molecule has 6 rings (SSSR count). The van der Waals surface area contributed by atoms with E-state index < -0.39 is 11.4 Å². The Kier molecular flexibility index (Phi) is 12.9. The summed E-state index contributed by atoms with van der Waals surface area (Å²) in [6.07, 6.45) is 15.8. The van der Waals surface area contributed by atoms with Crippen LogP contribution < -0.4 is 4.90 Å².